The molecule has 0 rings (SSSR count). The summed E-state index contributed by atoms with van der Waals surface area (Å²) in [4.78, 5) is 4.00. The molecule has 0 aromatic rings. The lowest BCUT2D eigenvalue weighted by Gasteiger charge is -1.91. The highest BCUT2D eigenvalue weighted by molar-refractivity contribution is 5.54. The van der Waals surface area contributed by atoms with E-state index in [0.29, 0.717) is 0 Å². The molecule has 0 spiro atoms. The van der Waals surface area contributed by atoms with Crippen LogP contribution in [0.4, 0.5) is 0 Å². The van der Waals surface area contributed by atoms with Gasteiger partial charge in [-0.3, -0.25) is 4.99 Å². The molecule has 1 nitrogen and oxygen atoms in total. The quantitative estimate of drug-likeness (QED) is 0.514. The zero-order chi connectivity index (χ0) is 7.11. The van der Waals surface area contributed by atoms with Gasteiger partial charge in [-0.2, -0.15) is 0 Å². The maximum absolute atomic E-state index is 4.00. The van der Waals surface area contributed by atoms with Crippen LogP contribution < -0.4 is 0 Å². The van der Waals surface area contributed by atoms with Gasteiger partial charge in [0.25, 0.3) is 0 Å². The van der Waals surface area contributed by atoms with Gasteiger partial charge in [0.1, 0.15) is 0 Å². The number of allylic oxidation sites excluding steroid dienone is 1. The van der Waals surface area contributed by atoms with E-state index < -0.39 is 0 Å². The Balaban J connectivity index is 3.55. The summed E-state index contributed by atoms with van der Waals surface area (Å²) in [6, 6.07) is 0. The third kappa shape index (κ3) is 5.28. The maximum atomic E-state index is 4.00. The van der Waals surface area contributed by atoms with E-state index in [0.717, 1.165) is 6.42 Å². The van der Waals surface area contributed by atoms with E-state index >= 15 is 0 Å². The normalized spacial score (nSPS) is 13.0. The van der Waals surface area contributed by atoms with Gasteiger partial charge in [-0.15, -0.1) is 0 Å². The minimum absolute atomic E-state index is 1.16. The summed E-state index contributed by atoms with van der Waals surface area (Å²) in [5, 5.41) is 0. The van der Waals surface area contributed by atoms with Crippen molar-refractivity contribution in [2.75, 3.05) is 0 Å². The largest absolute Gasteiger partial charge is 0.269 e. The molecule has 52 valence electrons. The summed E-state index contributed by atoms with van der Waals surface area (Å²) < 4.78 is 0. The lowest BCUT2D eigenvalue weighted by Crippen LogP contribution is -1.72. The predicted octanol–water partition coefficient (Wildman–Crippen LogP) is 2.78. The van der Waals surface area contributed by atoms with Crippen molar-refractivity contribution in [1.29, 1.82) is 0 Å². The Bertz CT molecular complexity index is 112. The van der Waals surface area contributed by atoms with Crippen LogP contribution in [0.25, 0.3) is 0 Å². The van der Waals surface area contributed by atoms with E-state index in [9.17, 15) is 0 Å². The van der Waals surface area contributed by atoms with E-state index in [1.54, 1.807) is 6.21 Å². The molecule has 0 heterocycles. The van der Waals surface area contributed by atoms with Gasteiger partial charge in [-0.05, 0) is 20.3 Å². The fourth-order valence-corrected chi connectivity index (χ4v) is 0.661. The predicted molar refractivity (Wildman–Crippen MR) is 42.8 cm³/mol. The van der Waals surface area contributed by atoms with Crippen molar-refractivity contribution >= 4 is 6.21 Å². The van der Waals surface area contributed by atoms with Crippen molar-refractivity contribution < 1.29 is 0 Å². The number of aliphatic imine (C=N–C) groups is 1. The molecule has 0 aromatic carbocycles. The summed E-state index contributed by atoms with van der Waals surface area (Å²) in [5.41, 5.74) is 1.36. The molecule has 9 heavy (non-hydrogen) atoms. The molecule has 0 aliphatic carbocycles. The fourth-order valence-electron chi connectivity index (χ4n) is 0.661. The molecule has 0 amide bonds. The van der Waals surface area contributed by atoms with E-state index in [2.05, 4.69) is 18.8 Å². The first-order valence-corrected chi connectivity index (χ1v) is 3.44. The van der Waals surface area contributed by atoms with Crippen LogP contribution in [0.3, 0.4) is 0 Å². The van der Waals surface area contributed by atoms with Gasteiger partial charge < -0.3 is 0 Å². The minimum Gasteiger partial charge on any atom is -0.269 e. The second kappa shape index (κ2) is 5.54. The molecule has 0 aromatic heterocycles. The third-order valence-electron chi connectivity index (χ3n) is 1.09. The fraction of sp³-hybridized carbons (Fsp3) is 0.625. The summed E-state index contributed by atoms with van der Waals surface area (Å²) in [7, 11) is 0. The van der Waals surface area contributed by atoms with Crippen molar-refractivity contribution in [1.82, 2.24) is 0 Å². The highest BCUT2D eigenvalue weighted by atomic mass is 14.7. The molecule has 1 heteroatoms. The topological polar surface area (TPSA) is 12.4 Å². The molecule has 0 radical (unpaired) electrons. The van der Waals surface area contributed by atoms with Gasteiger partial charge in [-0.1, -0.05) is 18.9 Å². The van der Waals surface area contributed by atoms with E-state index in [4.69, 9.17) is 0 Å². The van der Waals surface area contributed by atoms with Gasteiger partial charge in [-0.25, -0.2) is 0 Å². The standard InChI is InChI=1S/C8H15N/c1-4-6-8(3)7-9-5-2/h5,7H,4,6H2,1-3H3/b8-7+,9-5-. The van der Waals surface area contributed by atoms with E-state index in [1.807, 2.05) is 13.1 Å². The van der Waals surface area contributed by atoms with Crippen LogP contribution in [0.15, 0.2) is 16.8 Å². The second-order valence-corrected chi connectivity index (χ2v) is 2.13. The molecule has 0 N–H and O–H groups in total. The molecule has 0 saturated carbocycles. The summed E-state index contributed by atoms with van der Waals surface area (Å²) >= 11 is 0. The van der Waals surface area contributed by atoms with Gasteiger partial charge >= 0.3 is 0 Å². The van der Waals surface area contributed by atoms with Crippen molar-refractivity contribution in [3.63, 3.8) is 0 Å². The highest BCUT2D eigenvalue weighted by Gasteiger charge is 1.82. The van der Waals surface area contributed by atoms with Crippen LogP contribution in [0.2, 0.25) is 0 Å². The Hall–Kier alpha value is -0.590. The SMILES string of the molecule is C/C=N\C=C(/C)CCC. The van der Waals surface area contributed by atoms with Crippen LogP contribution in [-0.2, 0) is 0 Å². The Morgan fingerprint density at radius 3 is 2.67 bits per heavy atom. The van der Waals surface area contributed by atoms with Crippen molar-refractivity contribution in [3.05, 3.63) is 11.8 Å². The average molecular weight is 125 g/mol. The molecular formula is C8H15N. The monoisotopic (exact) mass is 125 g/mol. The van der Waals surface area contributed by atoms with E-state index in [-0.39, 0.29) is 0 Å². The smallest absolute Gasteiger partial charge is 0.0252 e. The molecule has 0 fully saturated rings. The molecule has 0 aliphatic heterocycles. The molecule has 0 unspecified atom stereocenters. The van der Waals surface area contributed by atoms with Gasteiger partial charge in [0.05, 0.1) is 0 Å². The number of hydrogen-bond donors (Lipinski definition) is 0. The number of rotatable bonds is 3. The summed E-state index contributed by atoms with van der Waals surface area (Å²) in [6.45, 7) is 6.21. The van der Waals surface area contributed by atoms with Gasteiger partial charge in [0.2, 0.25) is 0 Å². The molecule has 0 bridgehead atoms. The van der Waals surface area contributed by atoms with E-state index in [1.165, 1.54) is 12.0 Å². The van der Waals surface area contributed by atoms with Crippen molar-refractivity contribution in [3.8, 4) is 0 Å². The second-order valence-electron chi connectivity index (χ2n) is 2.13. The van der Waals surface area contributed by atoms with Crippen LogP contribution in [-0.4, -0.2) is 6.21 Å². The van der Waals surface area contributed by atoms with Gasteiger partial charge in [0, 0.05) is 12.4 Å². The first-order valence-electron chi connectivity index (χ1n) is 3.44. The Kier molecular flexibility index (Phi) is 5.18. The van der Waals surface area contributed by atoms with Crippen molar-refractivity contribution in [2.24, 2.45) is 4.99 Å². The first kappa shape index (κ1) is 8.41. The Morgan fingerprint density at radius 1 is 1.56 bits per heavy atom. The van der Waals surface area contributed by atoms with Crippen LogP contribution in [0.1, 0.15) is 33.6 Å². The molecule has 0 aliphatic rings. The molecule has 0 atom stereocenters. The zero-order valence-corrected chi connectivity index (χ0v) is 6.52. The molecule has 0 saturated heterocycles. The zero-order valence-electron chi connectivity index (χ0n) is 6.52. The average Bonchev–Trinajstić information content (AvgIpc) is 1.85. The van der Waals surface area contributed by atoms with Crippen molar-refractivity contribution in [2.45, 2.75) is 33.6 Å². The van der Waals surface area contributed by atoms with Crippen LogP contribution >= 0.6 is 0 Å². The van der Waals surface area contributed by atoms with Gasteiger partial charge in [0.15, 0.2) is 0 Å². The van der Waals surface area contributed by atoms with Crippen LogP contribution in [0, 0.1) is 0 Å². The lowest BCUT2D eigenvalue weighted by atomic mass is 10.2. The highest BCUT2D eigenvalue weighted by Crippen LogP contribution is 2.01. The van der Waals surface area contributed by atoms with Crippen LogP contribution in [0.5, 0.6) is 0 Å². The molecular weight excluding hydrogens is 110 g/mol. The summed E-state index contributed by atoms with van der Waals surface area (Å²) in [5.74, 6) is 0. The lowest BCUT2D eigenvalue weighted by molar-refractivity contribution is 0.901. The summed E-state index contributed by atoms with van der Waals surface area (Å²) in [6.07, 6.45) is 6.10. The Labute approximate surface area is 57.5 Å². The Morgan fingerprint density at radius 2 is 2.22 bits per heavy atom. The minimum atomic E-state index is 1.16. The number of hydrogen-bond acceptors (Lipinski definition) is 1. The third-order valence-corrected chi connectivity index (χ3v) is 1.09. The first-order chi connectivity index (χ1) is 4.31. The number of nitrogens with zero attached hydrogens (tertiary/aromatic N) is 1. The maximum Gasteiger partial charge on any atom is 0.0252 e.